The van der Waals surface area contributed by atoms with Crippen LogP contribution in [-0.2, 0) is 4.79 Å². The SMILES string of the molecule is CN(C)CCCCCCCCCCCCCCCCCC=O. The summed E-state index contributed by atoms with van der Waals surface area (Å²) in [6.45, 7) is 1.25. The minimum atomic E-state index is 0.760. The number of aldehydes is 1. The van der Waals surface area contributed by atoms with E-state index < -0.39 is 0 Å². The Morgan fingerprint density at radius 2 is 0.864 bits per heavy atom. The van der Waals surface area contributed by atoms with Crippen molar-refractivity contribution in [2.24, 2.45) is 0 Å². The highest BCUT2D eigenvalue weighted by Gasteiger charge is 1.95. The Labute approximate surface area is 140 Å². The Balaban J connectivity index is 2.95. The molecule has 0 bridgehead atoms. The second kappa shape index (κ2) is 18.7. The number of carbonyl (C=O) groups is 1. The molecule has 0 amide bonds. The molecule has 0 heterocycles. The first-order chi connectivity index (χ1) is 10.8. The van der Waals surface area contributed by atoms with E-state index in [9.17, 15) is 4.79 Å². The topological polar surface area (TPSA) is 20.3 Å². The highest BCUT2D eigenvalue weighted by Crippen LogP contribution is 2.13. The van der Waals surface area contributed by atoms with Gasteiger partial charge in [0.05, 0.1) is 0 Å². The Kier molecular flexibility index (Phi) is 18.4. The normalized spacial score (nSPS) is 11.2. The Morgan fingerprint density at radius 3 is 1.18 bits per heavy atom. The largest absolute Gasteiger partial charge is 0.309 e. The van der Waals surface area contributed by atoms with Crippen molar-refractivity contribution in [1.82, 2.24) is 4.90 Å². The lowest BCUT2D eigenvalue weighted by Gasteiger charge is -2.08. The Hall–Kier alpha value is -0.370. The standard InChI is InChI=1S/C20H41NO/c1-21(2)19-17-15-13-11-9-7-5-3-4-6-8-10-12-14-16-18-20-22/h20H,3-19H2,1-2H3. The van der Waals surface area contributed by atoms with Crippen LogP contribution in [0.4, 0.5) is 0 Å². The summed E-state index contributed by atoms with van der Waals surface area (Å²) in [7, 11) is 4.32. The summed E-state index contributed by atoms with van der Waals surface area (Å²) in [5.74, 6) is 0. The monoisotopic (exact) mass is 311 g/mol. The van der Waals surface area contributed by atoms with E-state index in [-0.39, 0.29) is 0 Å². The van der Waals surface area contributed by atoms with Gasteiger partial charge in [-0.25, -0.2) is 0 Å². The summed E-state index contributed by atoms with van der Waals surface area (Å²) in [6, 6.07) is 0. The van der Waals surface area contributed by atoms with Crippen LogP contribution in [0.15, 0.2) is 0 Å². The molecule has 0 N–H and O–H groups in total. The molecule has 0 spiro atoms. The predicted molar refractivity (Wildman–Crippen MR) is 98.5 cm³/mol. The lowest BCUT2D eigenvalue weighted by atomic mass is 10.0. The number of nitrogens with zero attached hydrogens (tertiary/aromatic N) is 1. The highest BCUT2D eigenvalue weighted by molar-refractivity contribution is 5.48. The van der Waals surface area contributed by atoms with E-state index in [0.29, 0.717) is 0 Å². The maximum absolute atomic E-state index is 10.2. The van der Waals surface area contributed by atoms with Crippen LogP contribution in [0.1, 0.15) is 103 Å². The molecule has 0 aliphatic rings. The number of hydrogen-bond acceptors (Lipinski definition) is 2. The number of unbranched alkanes of at least 4 members (excludes halogenated alkanes) is 15. The maximum Gasteiger partial charge on any atom is 0.119 e. The molecule has 0 aliphatic heterocycles. The molecule has 0 aliphatic carbocycles. The average molecular weight is 312 g/mol. The summed E-state index contributed by atoms with van der Waals surface area (Å²) in [5, 5.41) is 0. The van der Waals surface area contributed by atoms with Gasteiger partial charge in [0.25, 0.3) is 0 Å². The second-order valence-corrected chi connectivity index (χ2v) is 7.06. The van der Waals surface area contributed by atoms with E-state index >= 15 is 0 Å². The first-order valence-corrected chi connectivity index (χ1v) is 9.85. The van der Waals surface area contributed by atoms with E-state index in [0.717, 1.165) is 19.1 Å². The zero-order chi connectivity index (χ0) is 16.3. The van der Waals surface area contributed by atoms with Gasteiger partial charge in [0.15, 0.2) is 0 Å². The number of hydrogen-bond donors (Lipinski definition) is 0. The number of rotatable bonds is 18. The van der Waals surface area contributed by atoms with Gasteiger partial charge in [0.1, 0.15) is 6.29 Å². The fourth-order valence-corrected chi connectivity index (χ4v) is 2.95. The molecule has 0 radical (unpaired) electrons. The maximum atomic E-state index is 10.2. The van der Waals surface area contributed by atoms with Crippen molar-refractivity contribution in [3.05, 3.63) is 0 Å². The predicted octanol–water partition coefficient (Wildman–Crippen LogP) is 5.99. The summed E-state index contributed by atoms with van der Waals surface area (Å²) in [5.41, 5.74) is 0. The lowest BCUT2D eigenvalue weighted by molar-refractivity contribution is -0.107. The van der Waals surface area contributed by atoms with Crippen LogP contribution in [0.2, 0.25) is 0 Å². The first kappa shape index (κ1) is 21.6. The minimum Gasteiger partial charge on any atom is -0.309 e. The molecule has 2 nitrogen and oxygen atoms in total. The van der Waals surface area contributed by atoms with E-state index in [4.69, 9.17) is 0 Å². The van der Waals surface area contributed by atoms with Gasteiger partial charge in [0.2, 0.25) is 0 Å². The average Bonchev–Trinajstić information content (AvgIpc) is 2.50. The molecule has 0 aromatic heterocycles. The molecule has 0 saturated heterocycles. The van der Waals surface area contributed by atoms with Crippen molar-refractivity contribution in [3.8, 4) is 0 Å². The van der Waals surface area contributed by atoms with E-state index in [1.165, 1.54) is 96.4 Å². The van der Waals surface area contributed by atoms with Crippen molar-refractivity contribution >= 4 is 6.29 Å². The number of carbonyl (C=O) groups excluding carboxylic acids is 1. The molecule has 2 heteroatoms. The van der Waals surface area contributed by atoms with Gasteiger partial charge in [-0.1, -0.05) is 83.5 Å². The first-order valence-electron chi connectivity index (χ1n) is 9.85. The van der Waals surface area contributed by atoms with Gasteiger partial charge < -0.3 is 9.69 Å². The van der Waals surface area contributed by atoms with Crippen molar-refractivity contribution in [2.45, 2.75) is 103 Å². The zero-order valence-corrected chi connectivity index (χ0v) is 15.5. The van der Waals surface area contributed by atoms with Crippen molar-refractivity contribution in [2.75, 3.05) is 20.6 Å². The third-order valence-corrected chi connectivity index (χ3v) is 4.43. The molecule has 22 heavy (non-hydrogen) atoms. The van der Waals surface area contributed by atoms with Gasteiger partial charge >= 0.3 is 0 Å². The molecule has 132 valence electrons. The van der Waals surface area contributed by atoms with Crippen molar-refractivity contribution in [3.63, 3.8) is 0 Å². The van der Waals surface area contributed by atoms with Gasteiger partial charge in [0, 0.05) is 6.42 Å². The summed E-state index contributed by atoms with van der Waals surface area (Å²) >= 11 is 0. The van der Waals surface area contributed by atoms with Crippen LogP contribution in [0.5, 0.6) is 0 Å². The summed E-state index contributed by atoms with van der Waals surface area (Å²) in [4.78, 5) is 12.5. The van der Waals surface area contributed by atoms with Crippen molar-refractivity contribution in [1.29, 1.82) is 0 Å². The molecule has 0 atom stereocenters. The van der Waals surface area contributed by atoms with E-state index in [1.807, 2.05) is 0 Å². The third-order valence-electron chi connectivity index (χ3n) is 4.43. The van der Waals surface area contributed by atoms with Crippen LogP contribution in [0, 0.1) is 0 Å². The molecule has 0 unspecified atom stereocenters. The van der Waals surface area contributed by atoms with Crippen LogP contribution in [0.25, 0.3) is 0 Å². The van der Waals surface area contributed by atoms with Crippen molar-refractivity contribution < 1.29 is 4.79 Å². The molecular formula is C20H41NO. The molecule has 0 fully saturated rings. The molecule has 0 rings (SSSR count). The van der Waals surface area contributed by atoms with Gasteiger partial charge in [-0.05, 0) is 33.5 Å². The Morgan fingerprint density at radius 1 is 0.545 bits per heavy atom. The van der Waals surface area contributed by atoms with Crippen LogP contribution >= 0.6 is 0 Å². The quantitative estimate of drug-likeness (QED) is 0.229. The molecule has 0 saturated carbocycles. The van der Waals surface area contributed by atoms with Crippen LogP contribution in [0.3, 0.4) is 0 Å². The van der Waals surface area contributed by atoms with Gasteiger partial charge in [-0.3, -0.25) is 0 Å². The minimum absolute atomic E-state index is 0.760. The van der Waals surface area contributed by atoms with Gasteiger partial charge in [-0.2, -0.15) is 0 Å². The second-order valence-electron chi connectivity index (χ2n) is 7.06. The van der Waals surface area contributed by atoms with E-state index in [2.05, 4.69) is 19.0 Å². The summed E-state index contributed by atoms with van der Waals surface area (Å²) < 4.78 is 0. The van der Waals surface area contributed by atoms with Gasteiger partial charge in [-0.15, -0.1) is 0 Å². The Bertz CT molecular complexity index is 216. The molecule has 0 aromatic rings. The fraction of sp³-hybridized carbons (Fsp3) is 0.950. The highest BCUT2D eigenvalue weighted by atomic mass is 16.1. The molecule has 0 aromatic carbocycles. The fourth-order valence-electron chi connectivity index (χ4n) is 2.95. The summed E-state index contributed by atoms with van der Waals surface area (Å²) in [6.07, 6.45) is 22.5. The molecular weight excluding hydrogens is 270 g/mol. The van der Waals surface area contributed by atoms with Crippen LogP contribution in [-0.4, -0.2) is 31.8 Å². The van der Waals surface area contributed by atoms with Crippen LogP contribution < -0.4 is 0 Å². The smallest absolute Gasteiger partial charge is 0.119 e. The lowest BCUT2D eigenvalue weighted by Crippen LogP contribution is -2.12. The van der Waals surface area contributed by atoms with E-state index in [1.54, 1.807) is 0 Å². The zero-order valence-electron chi connectivity index (χ0n) is 15.5. The third kappa shape index (κ3) is 19.6.